The van der Waals surface area contributed by atoms with E-state index in [0.717, 1.165) is 56.6 Å². The molecule has 2 heterocycles. The maximum atomic E-state index is 13.8. The van der Waals surface area contributed by atoms with E-state index in [-0.39, 0.29) is 5.91 Å². The van der Waals surface area contributed by atoms with Gasteiger partial charge in [-0.15, -0.1) is 0 Å². The third-order valence-electron chi connectivity index (χ3n) is 7.06. The number of benzene rings is 2. The average molecular weight is 403 g/mol. The van der Waals surface area contributed by atoms with Crippen LogP contribution >= 0.6 is 0 Å². The number of nitrogens with one attached hydrogen (secondary N) is 2. The number of amides is 1. The SMILES string of the molecule is CCN1CCN(C2(C(=O)NCc3cccc4[nH]ccc34)Cc3ccccc3C2)CC1. The summed E-state index contributed by atoms with van der Waals surface area (Å²) < 4.78 is 0. The fraction of sp³-hybridized carbons (Fsp3) is 0.400. The Bertz CT molecular complexity index is 1020. The average Bonchev–Trinajstić information content (AvgIpc) is 3.43. The largest absolute Gasteiger partial charge is 0.361 e. The molecule has 1 fully saturated rings. The van der Waals surface area contributed by atoms with Crippen LogP contribution in [0.3, 0.4) is 0 Å². The van der Waals surface area contributed by atoms with E-state index >= 15 is 0 Å². The van der Waals surface area contributed by atoms with Gasteiger partial charge < -0.3 is 15.2 Å². The molecule has 0 bridgehead atoms. The molecule has 5 nitrogen and oxygen atoms in total. The zero-order chi connectivity index (χ0) is 20.6. The molecule has 0 radical (unpaired) electrons. The van der Waals surface area contributed by atoms with E-state index in [4.69, 9.17) is 0 Å². The van der Waals surface area contributed by atoms with Crippen LogP contribution in [0, 0.1) is 0 Å². The minimum atomic E-state index is -0.477. The summed E-state index contributed by atoms with van der Waals surface area (Å²) in [5.41, 5.74) is 4.43. The topological polar surface area (TPSA) is 51.4 Å². The zero-order valence-electron chi connectivity index (χ0n) is 17.7. The Morgan fingerprint density at radius 1 is 1.00 bits per heavy atom. The molecule has 1 aliphatic heterocycles. The lowest BCUT2D eigenvalue weighted by Gasteiger charge is -2.44. The molecule has 1 saturated heterocycles. The number of hydrogen-bond donors (Lipinski definition) is 2. The first-order valence-electron chi connectivity index (χ1n) is 11.1. The molecule has 1 amide bonds. The summed E-state index contributed by atoms with van der Waals surface area (Å²) in [5, 5.41) is 4.49. The minimum absolute atomic E-state index is 0.163. The van der Waals surface area contributed by atoms with Crippen molar-refractivity contribution < 1.29 is 4.79 Å². The van der Waals surface area contributed by atoms with E-state index in [0.29, 0.717) is 6.54 Å². The number of piperazine rings is 1. The predicted molar refractivity (Wildman–Crippen MR) is 120 cm³/mol. The number of H-pyrrole nitrogens is 1. The quantitative estimate of drug-likeness (QED) is 0.690. The normalized spacial score (nSPS) is 19.1. The van der Waals surface area contributed by atoms with Crippen molar-refractivity contribution in [3.63, 3.8) is 0 Å². The van der Waals surface area contributed by atoms with Gasteiger partial charge >= 0.3 is 0 Å². The Labute approximate surface area is 178 Å². The Hall–Kier alpha value is -2.63. The molecule has 0 atom stereocenters. The van der Waals surface area contributed by atoms with Crippen molar-refractivity contribution in [2.45, 2.75) is 31.8 Å². The second kappa shape index (κ2) is 7.89. The lowest BCUT2D eigenvalue weighted by atomic mass is 9.90. The van der Waals surface area contributed by atoms with Crippen LogP contribution in [0.5, 0.6) is 0 Å². The Morgan fingerprint density at radius 2 is 1.73 bits per heavy atom. The first-order chi connectivity index (χ1) is 14.7. The molecule has 5 rings (SSSR count). The van der Waals surface area contributed by atoms with Gasteiger partial charge in [-0.3, -0.25) is 9.69 Å². The first-order valence-corrected chi connectivity index (χ1v) is 11.1. The Balaban J connectivity index is 1.39. The summed E-state index contributed by atoms with van der Waals surface area (Å²) in [6.45, 7) is 7.81. The Kier molecular flexibility index (Phi) is 5.09. The molecule has 1 aliphatic carbocycles. The second-order valence-corrected chi connectivity index (χ2v) is 8.61. The van der Waals surface area contributed by atoms with Gasteiger partial charge in [-0.05, 0) is 35.4 Å². The zero-order valence-corrected chi connectivity index (χ0v) is 17.7. The second-order valence-electron chi connectivity index (χ2n) is 8.61. The van der Waals surface area contributed by atoms with Gasteiger partial charge in [-0.25, -0.2) is 0 Å². The Morgan fingerprint density at radius 3 is 2.43 bits per heavy atom. The number of likely N-dealkylation sites (N-methyl/N-ethyl adjacent to an activating group) is 1. The number of rotatable bonds is 5. The van der Waals surface area contributed by atoms with Crippen molar-refractivity contribution in [3.05, 3.63) is 71.4 Å². The number of fused-ring (bicyclic) bond motifs is 2. The molecular formula is C25H30N4O. The van der Waals surface area contributed by atoms with E-state index in [9.17, 15) is 4.79 Å². The van der Waals surface area contributed by atoms with Gasteiger partial charge in [-0.1, -0.05) is 43.3 Å². The number of nitrogens with zero attached hydrogens (tertiary/aromatic N) is 2. The fourth-order valence-electron chi connectivity index (χ4n) is 5.26. The molecular weight excluding hydrogens is 372 g/mol. The van der Waals surface area contributed by atoms with E-state index in [1.807, 2.05) is 12.3 Å². The highest BCUT2D eigenvalue weighted by Gasteiger charge is 2.48. The van der Waals surface area contributed by atoms with Crippen LogP contribution in [-0.4, -0.2) is 59.0 Å². The highest BCUT2D eigenvalue weighted by atomic mass is 16.2. The van der Waals surface area contributed by atoms with Crippen molar-refractivity contribution in [3.8, 4) is 0 Å². The number of carbonyl (C=O) groups excluding carboxylic acids is 1. The van der Waals surface area contributed by atoms with Gasteiger partial charge in [0.05, 0.1) is 0 Å². The van der Waals surface area contributed by atoms with Gasteiger partial charge in [0.1, 0.15) is 5.54 Å². The van der Waals surface area contributed by atoms with Crippen LogP contribution in [0.4, 0.5) is 0 Å². The van der Waals surface area contributed by atoms with Crippen molar-refractivity contribution >= 4 is 16.8 Å². The predicted octanol–water partition coefficient (Wildman–Crippen LogP) is 2.96. The molecule has 1 aromatic heterocycles. The summed E-state index contributed by atoms with van der Waals surface area (Å²) in [6, 6.07) is 16.9. The van der Waals surface area contributed by atoms with E-state index in [1.54, 1.807) is 0 Å². The summed E-state index contributed by atoms with van der Waals surface area (Å²) in [6.07, 6.45) is 3.56. The van der Waals surface area contributed by atoms with Crippen LogP contribution in [0.25, 0.3) is 10.9 Å². The number of aromatic nitrogens is 1. The van der Waals surface area contributed by atoms with Crippen molar-refractivity contribution in [2.24, 2.45) is 0 Å². The summed E-state index contributed by atoms with van der Waals surface area (Å²) >= 11 is 0. The third-order valence-corrected chi connectivity index (χ3v) is 7.06. The van der Waals surface area contributed by atoms with Gasteiger partial charge in [-0.2, -0.15) is 0 Å². The minimum Gasteiger partial charge on any atom is -0.361 e. The molecule has 2 aliphatic rings. The molecule has 2 aromatic carbocycles. The van der Waals surface area contributed by atoms with Gasteiger partial charge in [0, 0.05) is 62.7 Å². The molecule has 30 heavy (non-hydrogen) atoms. The van der Waals surface area contributed by atoms with Crippen LogP contribution in [0.2, 0.25) is 0 Å². The number of aromatic amines is 1. The molecule has 2 N–H and O–H groups in total. The van der Waals surface area contributed by atoms with Crippen LogP contribution in [0.1, 0.15) is 23.6 Å². The number of carbonyl (C=O) groups is 1. The smallest absolute Gasteiger partial charge is 0.241 e. The molecule has 0 saturated carbocycles. The maximum absolute atomic E-state index is 13.8. The first kappa shape index (κ1) is 19.3. The monoisotopic (exact) mass is 402 g/mol. The molecule has 0 unspecified atom stereocenters. The van der Waals surface area contributed by atoms with Crippen LogP contribution < -0.4 is 5.32 Å². The fourth-order valence-corrected chi connectivity index (χ4v) is 5.26. The molecule has 156 valence electrons. The highest BCUT2D eigenvalue weighted by Crippen LogP contribution is 2.36. The van der Waals surface area contributed by atoms with Crippen LogP contribution in [-0.2, 0) is 24.2 Å². The lowest BCUT2D eigenvalue weighted by molar-refractivity contribution is -0.135. The molecule has 0 spiro atoms. The van der Waals surface area contributed by atoms with Gasteiger partial charge in [0.2, 0.25) is 5.91 Å². The summed E-state index contributed by atoms with van der Waals surface area (Å²) in [4.78, 5) is 21.9. The standard InChI is InChI=1S/C25H30N4O/c1-2-28-12-14-29(15-13-28)25(16-19-6-3-4-7-20(19)17-25)24(30)27-18-21-8-5-9-23-22(21)10-11-26-23/h3-11,26H,2,12-18H2,1H3,(H,27,30). The maximum Gasteiger partial charge on any atom is 0.241 e. The summed E-state index contributed by atoms with van der Waals surface area (Å²) in [7, 11) is 0. The van der Waals surface area contributed by atoms with E-state index in [2.05, 4.69) is 69.5 Å². The molecule has 3 aromatic rings. The summed E-state index contributed by atoms with van der Waals surface area (Å²) in [5.74, 6) is 0.163. The van der Waals surface area contributed by atoms with Crippen LogP contribution in [0.15, 0.2) is 54.7 Å². The van der Waals surface area contributed by atoms with Crippen molar-refractivity contribution in [1.82, 2.24) is 20.1 Å². The third kappa shape index (κ3) is 3.32. The lowest BCUT2D eigenvalue weighted by Crippen LogP contribution is -2.64. The van der Waals surface area contributed by atoms with Gasteiger partial charge in [0.25, 0.3) is 0 Å². The van der Waals surface area contributed by atoms with Crippen molar-refractivity contribution in [2.75, 3.05) is 32.7 Å². The molecule has 5 heteroatoms. The number of hydrogen-bond acceptors (Lipinski definition) is 3. The van der Waals surface area contributed by atoms with Gasteiger partial charge in [0.15, 0.2) is 0 Å². The van der Waals surface area contributed by atoms with E-state index in [1.165, 1.54) is 16.5 Å². The highest BCUT2D eigenvalue weighted by molar-refractivity contribution is 5.89. The van der Waals surface area contributed by atoms with E-state index < -0.39 is 5.54 Å². The van der Waals surface area contributed by atoms with Crippen molar-refractivity contribution in [1.29, 1.82) is 0 Å².